The van der Waals surface area contributed by atoms with E-state index in [1.807, 2.05) is 4.90 Å². The monoisotopic (exact) mass is 167 g/mol. The maximum Gasteiger partial charge on any atom is 0.246 e. The van der Waals surface area contributed by atoms with Gasteiger partial charge in [-0.2, -0.15) is 0 Å². The van der Waals surface area contributed by atoms with E-state index in [1.54, 1.807) is 0 Å². The first-order chi connectivity index (χ1) is 5.79. The van der Waals surface area contributed by atoms with Crippen molar-refractivity contribution < 1.29 is 4.79 Å². The summed E-state index contributed by atoms with van der Waals surface area (Å²) in [5.74, 6) is 0.103. The molecule has 1 saturated carbocycles. The molecule has 0 unspecified atom stereocenters. The quantitative estimate of drug-likeness (QED) is 0.573. The highest BCUT2D eigenvalue weighted by atomic mass is 16.2. The van der Waals surface area contributed by atoms with E-state index in [0.717, 1.165) is 19.4 Å². The Morgan fingerprint density at radius 2 is 2.33 bits per heavy atom. The van der Waals surface area contributed by atoms with Crippen LogP contribution in [0.25, 0.3) is 0 Å². The topological polar surface area (TPSA) is 20.3 Å². The van der Waals surface area contributed by atoms with Crippen LogP contribution >= 0.6 is 0 Å². The van der Waals surface area contributed by atoms with Gasteiger partial charge in [-0.1, -0.05) is 19.9 Å². The first-order valence-electron chi connectivity index (χ1n) is 4.72. The van der Waals surface area contributed by atoms with Crippen molar-refractivity contribution in [3.63, 3.8) is 0 Å². The summed E-state index contributed by atoms with van der Waals surface area (Å²) in [6.07, 6.45) is 6.05. The van der Waals surface area contributed by atoms with Crippen LogP contribution in [0.3, 0.4) is 0 Å². The molecule has 0 aromatic carbocycles. The predicted octanol–water partition coefficient (Wildman–Crippen LogP) is 1.96. The van der Waals surface area contributed by atoms with Crippen molar-refractivity contribution in [2.45, 2.75) is 38.6 Å². The molecular weight excluding hydrogens is 150 g/mol. The summed E-state index contributed by atoms with van der Waals surface area (Å²) < 4.78 is 0. The van der Waals surface area contributed by atoms with Crippen LogP contribution in [0.2, 0.25) is 0 Å². The van der Waals surface area contributed by atoms with Crippen LogP contribution in [0.1, 0.15) is 32.6 Å². The zero-order valence-corrected chi connectivity index (χ0v) is 7.75. The largest absolute Gasteiger partial charge is 0.336 e. The van der Waals surface area contributed by atoms with E-state index in [9.17, 15) is 4.79 Å². The van der Waals surface area contributed by atoms with Gasteiger partial charge in [0.05, 0.1) is 0 Å². The zero-order chi connectivity index (χ0) is 8.97. The van der Waals surface area contributed by atoms with Crippen molar-refractivity contribution >= 4 is 5.91 Å². The zero-order valence-electron chi connectivity index (χ0n) is 7.75. The van der Waals surface area contributed by atoms with E-state index >= 15 is 0 Å². The fraction of sp³-hybridized carbons (Fsp3) is 0.700. The Labute approximate surface area is 74.2 Å². The summed E-state index contributed by atoms with van der Waals surface area (Å²) in [5, 5.41) is 0. The number of hydrogen-bond acceptors (Lipinski definition) is 1. The van der Waals surface area contributed by atoms with Gasteiger partial charge < -0.3 is 4.90 Å². The van der Waals surface area contributed by atoms with Gasteiger partial charge in [0.25, 0.3) is 0 Å². The number of carbonyl (C=O) groups excluding carboxylic acids is 1. The number of hydrogen-bond donors (Lipinski definition) is 0. The van der Waals surface area contributed by atoms with Crippen LogP contribution in [0.5, 0.6) is 0 Å². The number of nitrogens with zero attached hydrogens (tertiary/aromatic N) is 1. The predicted molar refractivity (Wildman–Crippen MR) is 49.8 cm³/mol. The van der Waals surface area contributed by atoms with Gasteiger partial charge in [-0.3, -0.25) is 4.79 Å². The highest BCUT2D eigenvalue weighted by Crippen LogP contribution is 2.27. The Bertz CT molecular complexity index is 173. The molecule has 0 saturated heterocycles. The van der Waals surface area contributed by atoms with Crippen LogP contribution < -0.4 is 0 Å². The van der Waals surface area contributed by atoms with E-state index in [2.05, 4.69) is 13.5 Å². The van der Waals surface area contributed by atoms with Crippen LogP contribution in [0.15, 0.2) is 12.7 Å². The molecule has 0 atom stereocenters. The lowest BCUT2D eigenvalue weighted by molar-refractivity contribution is -0.126. The number of amides is 1. The molecule has 1 aliphatic carbocycles. The molecule has 0 aliphatic heterocycles. The van der Waals surface area contributed by atoms with Gasteiger partial charge in [-0.25, -0.2) is 0 Å². The Morgan fingerprint density at radius 3 is 2.75 bits per heavy atom. The molecule has 2 nitrogen and oxygen atoms in total. The smallest absolute Gasteiger partial charge is 0.246 e. The Kier molecular flexibility index (Phi) is 3.32. The SMILES string of the molecule is C=CC(=O)N(CCCC)C1CC1. The van der Waals surface area contributed by atoms with Gasteiger partial charge in [0, 0.05) is 12.6 Å². The average Bonchev–Trinajstić information content (AvgIpc) is 2.88. The molecule has 0 aromatic heterocycles. The number of rotatable bonds is 5. The lowest BCUT2D eigenvalue weighted by Gasteiger charge is -2.19. The molecule has 0 bridgehead atoms. The third kappa shape index (κ3) is 2.36. The second-order valence-electron chi connectivity index (χ2n) is 3.32. The maximum atomic E-state index is 11.3. The first-order valence-corrected chi connectivity index (χ1v) is 4.72. The summed E-state index contributed by atoms with van der Waals surface area (Å²) >= 11 is 0. The normalized spacial score (nSPS) is 15.8. The average molecular weight is 167 g/mol. The van der Waals surface area contributed by atoms with Gasteiger partial charge in [0.2, 0.25) is 5.91 Å². The molecule has 1 fully saturated rings. The Balaban J connectivity index is 2.37. The van der Waals surface area contributed by atoms with E-state index in [-0.39, 0.29) is 5.91 Å². The minimum absolute atomic E-state index is 0.103. The van der Waals surface area contributed by atoms with Gasteiger partial charge >= 0.3 is 0 Å². The number of carbonyl (C=O) groups is 1. The van der Waals surface area contributed by atoms with Crippen molar-refractivity contribution in [2.24, 2.45) is 0 Å². The second-order valence-corrected chi connectivity index (χ2v) is 3.32. The van der Waals surface area contributed by atoms with Gasteiger partial charge in [-0.05, 0) is 25.3 Å². The summed E-state index contributed by atoms with van der Waals surface area (Å²) in [6, 6.07) is 0.530. The molecule has 0 N–H and O–H groups in total. The summed E-state index contributed by atoms with van der Waals surface area (Å²) in [5.41, 5.74) is 0. The van der Waals surface area contributed by atoms with Crippen LogP contribution in [0.4, 0.5) is 0 Å². The first kappa shape index (κ1) is 9.30. The molecule has 1 aliphatic rings. The standard InChI is InChI=1S/C10H17NO/c1-3-5-8-11(9-6-7-9)10(12)4-2/h4,9H,2-3,5-8H2,1H3. The lowest BCUT2D eigenvalue weighted by Crippen LogP contribution is -2.32. The summed E-state index contributed by atoms with van der Waals surface area (Å²) in [7, 11) is 0. The minimum Gasteiger partial charge on any atom is -0.336 e. The molecular formula is C10H17NO. The summed E-state index contributed by atoms with van der Waals surface area (Å²) in [4.78, 5) is 13.3. The van der Waals surface area contributed by atoms with E-state index in [1.165, 1.54) is 18.9 Å². The minimum atomic E-state index is 0.103. The van der Waals surface area contributed by atoms with Crippen molar-refractivity contribution in [3.8, 4) is 0 Å². The van der Waals surface area contributed by atoms with Crippen LogP contribution in [-0.2, 0) is 4.79 Å². The Hall–Kier alpha value is -0.790. The highest BCUT2D eigenvalue weighted by molar-refractivity contribution is 5.87. The molecule has 1 amide bonds. The van der Waals surface area contributed by atoms with E-state index < -0.39 is 0 Å². The third-order valence-corrected chi connectivity index (χ3v) is 2.20. The van der Waals surface area contributed by atoms with Gasteiger partial charge in [0.15, 0.2) is 0 Å². The molecule has 12 heavy (non-hydrogen) atoms. The third-order valence-electron chi connectivity index (χ3n) is 2.20. The fourth-order valence-corrected chi connectivity index (χ4v) is 1.30. The molecule has 1 rings (SSSR count). The second kappa shape index (κ2) is 4.29. The van der Waals surface area contributed by atoms with Crippen LogP contribution in [0, 0.1) is 0 Å². The summed E-state index contributed by atoms with van der Waals surface area (Å²) in [6.45, 7) is 6.56. The molecule has 0 heterocycles. The molecule has 0 aromatic rings. The molecule has 68 valence electrons. The fourth-order valence-electron chi connectivity index (χ4n) is 1.30. The molecule has 2 heteroatoms. The van der Waals surface area contributed by atoms with Crippen molar-refractivity contribution in [1.29, 1.82) is 0 Å². The Morgan fingerprint density at radius 1 is 1.67 bits per heavy atom. The van der Waals surface area contributed by atoms with Crippen molar-refractivity contribution in [2.75, 3.05) is 6.54 Å². The van der Waals surface area contributed by atoms with Gasteiger partial charge in [-0.15, -0.1) is 0 Å². The van der Waals surface area contributed by atoms with Crippen molar-refractivity contribution in [1.82, 2.24) is 4.90 Å². The van der Waals surface area contributed by atoms with Gasteiger partial charge in [0.1, 0.15) is 0 Å². The maximum absolute atomic E-state index is 11.3. The number of unbranched alkanes of at least 4 members (excludes halogenated alkanes) is 1. The van der Waals surface area contributed by atoms with Crippen LogP contribution in [-0.4, -0.2) is 23.4 Å². The molecule has 0 radical (unpaired) electrons. The lowest BCUT2D eigenvalue weighted by atomic mass is 10.3. The highest BCUT2D eigenvalue weighted by Gasteiger charge is 2.30. The molecule has 0 spiro atoms. The van der Waals surface area contributed by atoms with Crippen molar-refractivity contribution in [3.05, 3.63) is 12.7 Å². The van der Waals surface area contributed by atoms with E-state index in [4.69, 9.17) is 0 Å². The van der Waals surface area contributed by atoms with E-state index in [0.29, 0.717) is 6.04 Å².